The summed E-state index contributed by atoms with van der Waals surface area (Å²) < 4.78 is 11.0. The molecule has 0 saturated heterocycles. The third-order valence-electron chi connectivity index (χ3n) is 4.24. The molecule has 0 heterocycles. The van der Waals surface area contributed by atoms with Gasteiger partial charge in [-0.2, -0.15) is 0 Å². The highest BCUT2D eigenvalue weighted by molar-refractivity contribution is 14.0. The number of likely N-dealkylation sites (N-methyl/N-ethyl adjacent to an activating group) is 1. The molecule has 0 aliphatic carbocycles. The summed E-state index contributed by atoms with van der Waals surface area (Å²) >= 11 is 0. The molecule has 1 unspecified atom stereocenters. The highest BCUT2D eigenvalue weighted by Gasteiger charge is 2.04. The number of benzene rings is 1. The zero-order valence-electron chi connectivity index (χ0n) is 17.9. The van der Waals surface area contributed by atoms with Gasteiger partial charge in [-0.05, 0) is 45.8 Å². The van der Waals surface area contributed by atoms with Gasteiger partial charge in [0.25, 0.3) is 0 Å². The second kappa shape index (κ2) is 18.1. The molecule has 0 aliphatic heterocycles. The zero-order valence-corrected chi connectivity index (χ0v) is 20.3. The SMILES string of the molecule is CCNC(=NCCCOC(C)c1ccccc1)NCCCN(C)CCOC.I. The number of rotatable bonds is 14. The fourth-order valence-electron chi connectivity index (χ4n) is 2.59. The van der Waals surface area contributed by atoms with Gasteiger partial charge in [0.1, 0.15) is 0 Å². The first-order valence-corrected chi connectivity index (χ1v) is 10.0. The minimum absolute atomic E-state index is 0. The molecule has 28 heavy (non-hydrogen) atoms. The van der Waals surface area contributed by atoms with E-state index in [9.17, 15) is 0 Å². The maximum Gasteiger partial charge on any atom is 0.191 e. The Hall–Kier alpha value is -0.900. The van der Waals surface area contributed by atoms with Gasteiger partial charge in [-0.25, -0.2) is 0 Å². The maximum absolute atomic E-state index is 5.90. The molecule has 0 radical (unpaired) electrons. The Labute approximate surface area is 188 Å². The van der Waals surface area contributed by atoms with E-state index >= 15 is 0 Å². The first-order valence-electron chi connectivity index (χ1n) is 10.0. The number of nitrogens with zero attached hydrogens (tertiary/aromatic N) is 2. The van der Waals surface area contributed by atoms with Crippen LogP contribution >= 0.6 is 24.0 Å². The van der Waals surface area contributed by atoms with Crippen molar-refractivity contribution in [2.45, 2.75) is 32.8 Å². The monoisotopic (exact) mass is 506 g/mol. The van der Waals surface area contributed by atoms with Gasteiger partial charge in [-0.1, -0.05) is 30.3 Å². The Morgan fingerprint density at radius 3 is 2.54 bits per heavy atom. The molecule has 1 aromatic rings. The molecule has 162 valence electrons. The lowest BCUT2D eigenvalue weighted by Gasteiger charge is -2.17. The van der Waals surface area contributed by atoms with E-state index in [1.807, 2.05) is 18.2 Å². The topological polar surface area (TPSA) is 58.1 Å². The molecular formula is C21H39IN4O2. The number of nitrogens with one attached hydrogen (secondary N) is 2. The predicted octanol–water partition coefficient (Wildman–Crippen LogP) is 3.30. The van der Waals surface area contributed by atoms with E-state index in [1.165, 1.54) is 5.56 Å². The van der Waals surface area contributed by atoms with Crippen molar-refractivity contribution in [3.05, 3.63) is 35.9 Å². The van der Waals surface area contributed by atoms with E-state index in [0.29, 0.717) is 6.61 Å². The number of guanidine groups is 1. The second-order valence-electron chi connectivity index (χ2n) is 6.61. The summed E-state index contributed by atoms with van der Waals surface area (Å²) in [7, 11) is 3.86. The smallest absolute Gasteiger partial charge is 0.191 e. The summed E-state index contributed by atoms with van der Waals surface area (Å²) in [5.41, 5.74) is 1.21. The highest BCUT2D eigenvalue weighted by atomic mass is 127. The van der Waals surface area contributed by atoms with Crippen LogP contribution < -0.4 is 10.6 Å². The van der Waals surface area contributed by atoms with Gasteiger partial charge in [-0.15, -0.1) is 24.0 Å². The lowest BCUT2D eigenvalue weighted by molar-refractivity contribution is 0.0652. The minimum atomic E-state index is 0. The van der Waals surface area contributed by atoms with Crippen LogP contribution in [0.4, 0.5) is 0 Å². The molecule has 1 atom stereocenters. The van der Waals surface area contributed by atoms with Gasteiger partial charge in [0, 0.05) is 39.9 Å². The van der Waals surface area contributed by atoms with Gasteiger partial charge in [0.05, 0.1) is 12.7 Å². The molecule has 0 bridgehead atoms. The molecule has 0 aromatic heterocycles. The summed E-state index contributed by atoms with van der Waals surface area (Å²) in [6.45, 7) is 10.2. The van der Waals surface area contributed by atoms with Crippen molar-refractivity contribution in [2.75, 3.05) is 60.1 Å². The largest absolute Gasteiger partial charge is 0.383 e. The normalized spacial score (nSPS) is 12.5. The number of aliphatic imine (C=N–C) groups is 1. The zero-order chi connectivity index (χ0) is 19.7. The summed E-state index contributed by atoms with van der Waals surface area (Å²) in [6, 6.07) is 10.3. The Bertz CT molecular complexity index is 502. The van der Waals surface area contributed by atoms with Gasteiger partial charge >= 0.3 is 0 Å². The van der Waals surface area contributed by atoms with E-state index in [2.05, 4.69) is 53.6 Å². The average molecular weight is 506 g/mol. The molecule has 7 heteroatoms. The van der Waals surface area contributed by atoms with Crippen LogP contribution in [0, 0.1) is 0 Å². The Morgan fingerprint density at radius 1 is 1.11 bits per heavy atom. The van der Waals surface area contributed by atoms with Gasteiger partial charge in [-0.3, -0.25) is 4.99 Å². The summed E-state index contributed by atoms with van der Waals surface area (Å²) in [5.74, 6) is 0.883. The second-order valence-corrected chi connectivity index (χ2v) is 6.61. The van der Waals surface area contributed by atoms with E-state index in [1.54, 1.807) is 7.11 Å². The van der Waals surface area contributed by atoms with Gasteiger partial charge in [0.15, 0.2) is 5.96 Å². The Kier molecular flexibility index (Phi) is 17.6. The number of methoxy groups -OCH3 is 1. The van der Waals surface area contributed by atoms with Crippen molar-refractivity contribution >= 4 is 29.9 Å². The van der Waals surface area contributed by atoms with Crippen LogP contribution in [0.5, 0.6) is 0 Å². The van der Waals surface area contributed by atoms with Crippen molar-refractivity contribution in [1.82, 2.24) is 15.5 Å². The van der Waals surface area contributed by atoms with E-state index in [-0.39, 0.29) is 30.1 Å². The molecular weight excluding hydrogens is 467 g/mol. The molecule has 0 amide bonds. The lowest BCUT2D eigenvalue weighted by atomic mass is 10.1. The number of ether oxygens (including phenoxy) is 2. The Balaban J connectivity index is 0.00000729. The molecule has 2 N–H and O–H groups in total. The van der Waals surface area contributed by atoms with Crippen LogP contribution in [-0.2, 0) is 9.47 Å². The first-order chi connectivity index (χ1) is 13.2. The third kappa shape index (κ3) is 13.3. The summed E-state index contributed by atoms with van der Waals surface area (Å²) in [5, 5.41) is 6.69. The first kappa shape index (κ1) is 27.1. The number of hydrogen-bond acceptors (Lipinski definition) is 4. The standard InChI is InChI=1S/C21H38N4O2.HI/c1-5-22-21(23-13-9-15-25(3)16-18-26-4)24-14-10-17-27-19(2)20-11-7-6-8-12-20;/h6-8,11-12,19H,5,9-10,13-18H2,1-4H3,(H2,22,23,24);1H. The summed E-state index contributed by atoms with van der Waals surface area (Å²) in [6.07, 6.45) is 2.10. The highest BCUT2D eigenvalue weighted by Crippen LogP contribution is 2.15. The number of hydrogen-bond donors (Lipinski definition) is 2. The molecule has 6 nitrogen and oxygen atoms in total. The van der Waals surface area contributed by atoms with E-state index < -0.39 is 0 Å². The maximum atomic E-state index is 5.90. The summed E-state index contributed by atoms with van der Waals surface area (Å²) in [4.78, 5) is 6.91. The average Bonchev–Trinajstić information content (AvgIpc) is 2.69. The van der Waals surface area contributed by atoms with Gasteiger partial charge in [0.2, 0.25) is 0 Å². The molecule has 0 saturated carbocycles. The molecule has 1 rings (SSSR count). The quantitative estimate of drug-likeness (QED) is 0.176. The van der Waals surface area contributed by atoms with Crippen molar-refractivity contribution in [3.63, 3.8) is 0 Å². The fourth-order valence-corrected chi connectivity index (χ4v) is 2.59. The van der Waals surface area contributed by atoms with E-state index in [4.69, 9.17) is 9.47 Å². The Morgan fingerprint density at radius 2 is 1.86 bits per heavy atom. The lowest BCUT2D eigenvalue weighted by Crippen LogP contribution is -2.38. The van der Waals surface area contributed by atoms with Crippen LogP contribution in [0.25, 0.3) is 0 Å². The third-order valence-corrected chi connectivity index (χ3v) is 4.24. The minimum Gasteiger partial charge on any atom is -0.383 e. The fraction of sp³-hybridized carbons (Fsp3) is 0.667. The van der Waals surface area contributed by atoms with Crippen LogP contribution in [0.2, 0.25) is 0 Å². The molecule has 0 aliphatic rings. The predicted molar refractivity (Wildman–Crippen MR) is 129 cm³/mol. The van der Waals surface area contributed by atoms with Crippen molar-refractivity contribution in [1.29, 1.82) is 0 Å². The molecule has 0 fully saturated rings. The van der Waals surface area contributed by atoms with Crippen molar-refractivity contribution < 1.29 is 9.47 Å². The van der Waals surface area contributed by atoms with Gasteiger partial charge < -0.3 is 25.0 Å². The van der Waals surface area contributed by atoms with E-state index in [0.717, 1.165) is 58.1 Å². The van der Waals surface area contributed by atoms with Crippen LogP contribution in [-0.4, -0.2) is 71.0 Å². The van der Waals surface area contributed by atoms with Crippen molar-refractivity contribution in [3.8, 4) is 0 Å². The van der Waals surface area contributed by atoms with Crippen LogP contribution in [0.3, 0.4) is 0 Å². The molecule has 0 spiro atoms. The van der Waals surface area contributed by atoms with Crippen LogP contribution in [0.1, 0.15) is 38.4 Å². The van der Waals surface area contributed by atoms with Crippen molar-refractivity contribution in [2.24, 2.45) is 4.99 Å². The molecule has 1 aromatic carbocycles. The number of halogens is 1. The van der Waals surface area contributed by atoms with Crippen LogP contribution in [0.15, 0.2) is 35.3 Å².